The zero-order valence-electron chi connectivity index (χ0n) is 8.51. The number of hydrogen-bond donors (Lipinski definition) is 1. The third-order valence-electron chi connectivity index (χ3n) is 2.38. The monoisotopic (exact) mass is 171 g/mol. The third-order valence-corrected chi connectivity index (χ3v) is 2.38. The molecule has 2 heteroatoms. The second-order valence-electron chi connectivity index (χ2n) is 4.73. The summed E-state index contributed by atoms with van der Waals surface area (Å²) in [5.74, 6) is 0.707. The van der Waals surface area contributed by atoms with Crippen LogP contribution in [-0.4, -0.2) is 35.2 Å². The van der Waals surface area contributed by atoms with E-state index in [-0.39, 0.29) is 0 Å². The highest BCUT2D eigenvalue weighted by Crippen LogP contribution is 2.20. The molecule has 72 valence electrons. The molecular formula is C10H21NO. The molecule has 1 N–H and O–H groups in total. The third kappa shape index (κ3) is 3.11. The maximum atomic E-state index is 9.82. The van der Waals surface area contributed by atoms with E-state index in [1.807, 2.05) is 6.92 Å². The quantitative estimate of drug-likeness (QED) is 0.680. The van der Waals surface area contributed by atoms with E-state index in [9.17, 15) is 5.11 Å². The van der Waals surface area contributed by atoms with E-state index in [4.69, 9.17) is 0 Å². The molecule has 1 unspecified atom stereocenters. The molecule has 0 aromatic rings. The van der Waals surface area contributed by atoms with Crippen LogP contribution >= 0.6 is 0 Å². The standard InChI is InChI=1S/C10H21NO/c1-9(2)7-11-6-4-5-10(3,12)8-11/h9,12H,4-8H2,1-3H3. The molecule has 0 aromatic heterocycles. The Morgan fingerprint density at radius 3 is 2.67 bits per heavy atom. The van der Waals surface area contributed by atoms with Crippen molar-refractivity contribution in [3.05, 3.63) is 0 Å². The highest BCUT2D eigenvalue weighted by atomic mass is 16.3. The van der Waals surface area contributed by atoms with Crippen molar-refractivity contribution in [2.75, 3.05) is 19.6 Å². The van der Waals surface area contributed by atoms with Crippen LogP contribution in [0.4, 0.5) is 0 Å². The summed E-state index contributed by atoms with van der Waals surface area (Å²) in [7, 11) is 0. The lowest BCUT2D eigenvalue weighted by Crippen LogP contribution is -2.47. The van der Waals surface area contributed by atoms with Gasteiger partial charge in [0, 0.05) is 13.1 Å². The van der Waals surface area contributed by atoms with Crippen molar-refractivity contribution < 1.29 is 5.11 Å². The number of piperidine rings is 1. The van der Waals surface area contributed by atoms with Crippen molar-refractivity contribution >= 4 is 0 Å². The summed E-state index contributed by atoms with van der Waals surface area (Å²) in [6, 6.07) is 0. The van der Waals surface area contributed by atoms with Gasteiger partial charge < -0.3 is 10.0 Å². The van der Waals surface area contributed by atoms with Crippen LogP contribution in [0.5, 0.6) is 0 Å². The first-order valence-electron chi connectivity index (χ1n) is 4.94. The first-order valence-corrected chi connectivity index (χ1v) is 4.94. The van der Waals surface area contributed by atoms with Crippen LogP contribution in [0.25, 0.3) is 0 Å². The Morgan fingerprint density at radius 1 is 1.50 bits per heavy atom. The van der Waals surface area contributed by atoms with Gasteiger partial charge in [-0.3, -0.25) is 0 Å². The van der Waals surface area contributed by atoms with Crippen LogP contribution in [0.1, 0.15) is 33.6 Å². The van der Waals surface area contributed by atoms with Crippen LogP contribution in [0.3, 0.4) is 0 Å². The second-order valence-corrected chi connectivity index (χ2v) is 4.73. The zero-order chi connectivity index (χ0) is 9.19. The Bertz CT molecular complexity index is 143. The minimum absolute atomic E-state index is 0.437. The van der Waals surface area contributed by atoms with E-state index in [0.717, 1.165) is 32.5 Å². The van der Waals surface area contributed by atoms with Gasteiger partial charge in [-0.15, -0.1) is 0 Å². The Kier molecular flexibility index (Phi) is 3.13. The van der Waals surface area contributed by atoms with Gasteiger partial charge in [-0.25, -0.2) is 0 Å². The SMILES string of the molecule is CC(C)CN1CCCC(C)(O)C1. The van der Waals surface area contributed by atoms with Gasteiger partial charge in [0.15, 0.2) is 0 Å². The van der Waals surface area contributed by atoms with Gasteiger partial charge in [0.05, 0.1) is 5.60 Å². The Hall–Kier alpha value is -0.0800. The lowest BCUT2D eigenvalue weighted by Gasteiger charge is -2.37. The average Bonchev–Trinajstić information content (AvgIpc) is 1.82. The fourth-order valence-corrected chi connectivity index (χ4v) is 2.00. The maximum Gasteiger partial charge on any atom is 0.0746 e. The predicted molar refractivity (Wildman–Crippen MR) is 51.1 cm³/mol. The summed E-state index contributed by atoms with van der Waals surface area (Å²) in [6.07, 6.45) is 2.10. The minimum atomic E-state index is -0.437. The number of rotatable bonds is 2. The second kappa shape index (κ2) is 3.75. The predicted octanol–water partition coefficient (Wildman–Crippen LogP) is 1.49. The molecule has 0 radical (unpaired) electrons. The molecule has 0 bridgehead atoms. The fraction of sp³-hybridized carbons (Fsp3) is 1.00. The van der Waals surface area contributed by atoms with Gasteiger partial charge in [-0.05, 0) is 32.2 Å². The maximum absolute atomic E-state index is 9.82. The average molecular weight is 171 g/mol. The summed E-state index contributed by atoms with van der Waals surface area (Å²) in [6.45, 7) is 9.53. The molecule has 1 saturated heterocycles. The van der Waals surface area contributed by atoms with Gasteiger partial charge in [0.2, 0.25) is 0 Å². The Labute approximate surface area is 75.6 Å². The summed E-state index contributed by atoms with van der Waals surface area (Å²) >= 11 is 0. The van der Waals surface area contributed by atoms with Crippen molar-refractivity contribution in [1.29, 1.82) is 0 Å². The first-order chi connectivity index (χ1) is 5.49. The molecule has 2 nitrogen and oxygen atoms in total. The van der Waals surface area contributed by atoms with E-state index >= 15 is 0 Å². The zero-order valence-corrected chi connectivity index (χ0v) is 8.51. The minimum Gasteiger partial charge on any atom is -0.389 e. The van der Waals surface area contributed by atoms with Crippen LogP contribution in [0, 0.1) is 5.92 Å². The molecule has 1 rings (SSSR count). The van der Waals surface area contributed by atoms with Crippen LogP contribution in [0.2, 0.25) is 0 Å². The summed E-state index contributed by atoms with van der Waals surface area (Å²) in [5.41, 5.74) is -0.437. The summed E-state index contributed by atoms with van der Waals surface area (Å²) in [5, 5.41) is 9.82. The lowest BCUT2D eigenvalue weighted by atomic mass is 9.94. The van der Waals surface area contributed by atoms with Crippen molar-refractivity contribution in [3.63, 3.8) is 0 Å². The number of hydrogen-bond acceptors (Lipinski definition) is 2. The van der Waals surface area contributed by atoms with Crippen LogP contribution < -0.4 is 0 Å². The molecule has 0 spiro atoms. The number of aliphatic hydroxyl groups is 1. The molecule has 0 saturated carbocycles. The fourth-order valence-electron chi connectivity index (χ4n) is 2.00. The van der Waals surface area contributed by atoms with Crippen LogP contribution in [-0.2, 0) is 0 Å². The van der Waals surface area contributed by atoms with E-state index < -0.39 is 5.60 Å². The normalized spacial score (nSPS) is 32.8. The van der Waals surface area contributed by atoms with E-state index in [1.165, 1.54) is 0 Å². The van der Waals surface area contributed by atoms with Gasteiger partial charge in [0.25, 0.3) is 0 Å². The molecule has 1 aliphatic rings. The topological polar surface area (TPSA) is 23.5 Å². The lowest BCUT2D eigenvalue weighted by molar-refractivity contribution is -0.0185. The molecular weight excluding hydrogens is 150 g/mol. The van der Waals surface area contributed by atoms with Crippen molar-refractivity contribution in [1.82, 2.24) is 4.90 Å². The van der Waals surface area contributed by atoms with Crippen LogP contribution in [0.15, 0.2) is 0 Å². The molecule has 0 aliphatic carbocycles. The molecule has 12 heavy (non-hydrogen) atoms. The highest BCUT2D eigenvalue weighted by Gasteiger charge is 2.28. The number of β-amino-alcohol motifs (C(OH)–C–C–N with tert-alkyl or cyclic N) is 1. The van der Waals surface area contributed by atoms with E-state index in [0.29, 0.717) is 5.92 Å². The van der Waals surface area contributed by atoms with Gasteiger partial charge in [-0.2, -0.15) is 0 Å². The smallest absolute Gasteiger partial charge is 0.0746 e. The van der Waals surface area contributed by atoms with E-state index in [2.05, 4.69) is 18.7 Å². The van der Waals surface area contributed by atoms with Crippen molar-refractivity contribution in [2.45, 2.75) is 39.2 Å². The molecule has 0 aromatic carbocycles. The molecule has 0 amide bonds. The summed E-state index contributed by atoms with van der Waals surface area (Å²) < 4.78 is 0. The number of likely N-dealkylation sites (tertiary alicyclic amines) is 1. The highest BCUT2D eigenvalue weighted by molar-refractivity contribution is 4.82. The Morgan fingerprint density at radius 2 is 2.17 bits per heavy atom. The first kappa shape index (κ1) is 10.0. The van der Waals surface area contributed by atoms with Gasteiger partial charge in [-0.1, -0.05) is 13.8 Å². The van der Waals surface area contributed by atoms with Gasteiger partial charge in [0.1, 0.15) is 0 Å². The molecule has 1 fully saturated rings. The summed E-state index contributed by atoms with van der Waals surface area (Å²) in [4.78, 5) is 2.37. The van der Waals surface area contributed by atoms with Crippen molar-refractivity contribution in [2.24, 2.45) is 5.92 Å². The molecule has 1 aliphatic heterocycles. The Balaban J connectivity index is 2.36. The molecule has 1 atom stereocenters. The number of nitrogens with zero attached hydrogens (tertiary/aromatic N) is 1. The van der Waals surface area contributed by atoms with Crippen molar-refractivity contribution in [3.8, 4) is 0 Å². The largest absolute Gasteiger partial charge is 0.389 e. The van der Waals surface area contributed by atoms with E-state index in [1.54, 1.807) is 0 Å². The van der Waals surface area contributed by atoms with Gasteiger partial charge >= 0.3 is 0 Å². The molecule has 1 heterocycles.